The molecule has 0 bridgehead atoms. The molecule has 0 saturated heterocycles. The zero-order valence-electron chi connectivity index (χ0n) is 12.2. The Balaban J connectivity index is 1.95. The second-order valence-electron chi connectivity index (χ2n) is 4.56. The van der Waals surface area contributed by atoms with Crippen LogP contribution < -0.4 is 5.43 Å². The van der Waals surface area contributed by atoms with Gasteiger partial charge in [0.05, 0.1) is 30.6 Å². The van der Waals surface area contributed by atoms with Crippen LogP contribution >= 0.6 is 0 Å². The summed E-state index contributed by atoms with van der Waals surface area (Å²) >= 11 is 0. The fourth-order valence-electron chi connectivity index (χ4n) is 1.94. The van der Waals surface area contributed by atoms with E-state index < -0.39 is 11.9 Å². The summed E-state index contributed by atoms with van der Waals surface area (Å²) in [4.78, 5) is 24.7. The highest BCUT2D eigenvalue weighted by molar-refractivity contribution is 6.15. The molecule has 1 amide bonds. The standard InChI is InChI=1S/C15H17N3O4/c1-2-22-14(20)10-18-9-13(19)12(15(18)21)8-16-17-11-6-4-3-5-7-11/h3-8,17,19H,2,9-10H2,1H3/b16-8+. The largest absolute Gasteiger partial charge is 0.510 e. The van der Waals surface area contributed by atoms with Gasteiger partial charge in [0.2, 0.25) is 0 Å². The summed E-state index contributed by atoms with van der Waals surface area (Å²) < 4.78 is 4.78. The van der Waals surface area contributed by atoms with Crippen LogP contribution in [0.3, 0.4) is 0 Å². The van der Waals surface area contributed by atoms with Gasteiger partial charge in [-0.3, -0.25) is 15.0 Å². The molecule has 0 radical (unpaired) electrons. The van der Waals surface area contributed by atoms with Gasteiger partial charge in [-0.1, -0.05) is 18.2 Å². The second-order valence-corrected chi connectivity index (χ2v) is 4.56. The number of ether oxygens (including phenoxy) is 1. The van der Waals surface area contributed by atoms with Crippen molar-refractivity contribution in [2.24, 2.45) is 5.10 Å². The average Bonchev–Trinajstić information content (AvgIpc) is 2.76. The van der Waals surface area contributed by atoms with Crippen LogP contribution in [0.1, 0.15) is 6.92 Å². The highest BCUT2D eigenvalue weighted by Gasteiger charge is 2.30. The van der Waals surface area contributed by atoms with E-state index in [0.717, 1.165) is 5.69 Å². The first kappa shape index (κ1) is 15.6. The van der Waals surface area contributed by atoms with Gasteiger partial charge >= 0.3 is 5.97 Å². The number of rotatable bonds is 6. The van der Waals surface area contributed by atoms with Crippen LogP contribution in [0.2, 0.25) is 0 Å². The predicted molar refractivity (Wildman–Crippen MR) is 81.4 cm³/mol. The fraction of sp³-hybridized carbons (Fsp3) is 0.267. The number of hydrazone groups is 1. The van der Waals surface area contributed by atoms with Crippen molar-refractivity contribution in [1.82, 2.24) is 4.90 Å². The molecule has 0 fully saturated rings. The second kappa shape index (κ2) is 7.26. The summed E-state index contributed by atoms with van der Waals surface area (Å²) in [5, 5.41) is 13.7. The molecule has 0 spiro atoms. The van der Waals surface area contributed by atoms with E-state index in [2.05, 4.69) is 10.5 Å². The molecular weight excluding hydrogens is 286 g/mol. The number of hydrogen-bond acceptors (Lipinski definition) is 6. The van der Waals surface area contributed by atoms with Crippen molar-refractivity contribution in [2.75, 3.05) is 25.1 Å². The summed E-state index contributed by atoms with van der Waals surface area (Å²) in [6.45, 7) is 1.72. The predicted octanol–water partition coefficient (Wildman–Crippen LogP) is 1.30. The lowest BCUT2D eigenvalue weighted by Gasteiger charge is -2.14. The van der Waals surface area contributed by atoms with Crippen LogP contribution in [-0.2, 0) is 14.3 Å². The number of anilines is 1. The van der Waals surface area contributed by atoms with Gasteiger partial charge in [0.25, 0.3) is 5.91 Å². The molecule has 116 valence electrons. The molecule has 2 N–H and O–H groups in total. The van der Waals surface area contributed by atoms with E-state index in [1.54, 1.807) is 6.92 Å². The van der Waals surface area contributed by atoms with Crippen LogP contribution in [0.15, 0.2) is 46.8 Å². The van der Waals surface area contributed by atoms with Gasteiger partial charge in [0, 0.05) is 0 Å². The van der Waals surface area contributed by atoms with E-state index >= 15 is 0 Å². The highest BCUT2D eigenvalue weighted by Crippen LogP contribution is 2.15. The quantitative estimate of drug-likeness (QED) is 0.469. The Labute approximate surface area is 127 Å². The van der Waals surface area contributed by atoms with Gasteiger partial charge in [0.15, 0.2) is 0 Å². The number of carbonyl (C=O) groups is 2. The monoisotopic (exact) mass is 303 g/mol. The van der Waals surface area contributed by atoms with E-state index in [1.165, 1.54) is 11.1 Å². The molecule has 1 aliphatic heterocycles. The van der Waals surface area contributed by atoms with E-state index in [1.807, 2.05) is 30.3 Å². The van der Waals surface area contributed by atoms with Gasteiger partial charge in [-0.25, -0.2) is 0 Å². The maximum absolute atomic E-state index is 12.1. The third-order valence-corrected chi connectivity index (χ3v) is 2.96. The molecule has 1 aliphatic rings. The van der Waals surface area contributed by atoms with Crippen LogP contribution in [0.5, 0.6) is 0 Å². The van der Waals surface area contributed by atoms with Gasteiger partial charge in [-0.2, -0.15) is 5.10 Å². The molecule has 1 heterocycles. The smallest absolute Gasteiger partial charge is 0.325 e. The van der Waals surface area contributed by atoms with Crippen molar-refractivity contribution in [2.45, 2.75) is 6.92 Å². The van der Waals surface area contributed by atoms with Gasteiger partial charge < -0.3 is 14.7 Å². The van der Waals surface area contributed by atoms with E-state index in [0.29, 0.717) is 0 Å². The summed E-state index contributed by atoms with van der Waals surface area (Å²) in [7, 11) is 0. The third kappa shape index (κ3) is 3.85. The van der Waals surface area contributed by atoms with Crippen molar-refractivity contribution >= 4 is 23.8 Å². The number of hydrogen-bond donors (Lipinski definition) is 2. The minimum Gasteiger partial charge on any atom is -0.510 e. The molecular formula is C15H17N3O4. The van der Waals surface area contributed by atoms with Gasteiger partial charge in [0.1, 0.15) is 12.3 Å². The number of nitrogens with zero attached hydrogens (tertiary/aromatic N) is 2. The Bertz CT molecular complexity index is 610. The number of aliphatic hydroxyl groups is 1. The number of amides is 1. The van der Waals surface area contributed by atoms with E-state index in [9.17, 15) is 14.7 Å². The SMILES string of the molecule is CCOC(=O)CN1CC(O)=C(/C=N/Nc2ccccc2)C1=O. The maximum Gasteiger partial charge on any atom is 0.325 e. The third-order valence-electron chi connectivity index (χ3n) is 2.96. The van der Waals surface area contributed by atoms with Crippen LogP contribution in [0.4, 0.5) is 5.69 Å². The Morgan fingerprint density at radius 2 is 2.18 bits per heavy atom. The molecule has 1 aromatic carbocycles. The Morgan fingerprint density at radius 1 is 1.45 bits per heavy atom. The van der Waals surface area contributed by atoms with Crippen molar-refractivity contribution in [3.05, 3.63) is 41.7 Å². The molecule has 7 nitrogen and oxygen atoms in total. The Kier molecular flexibility index (Phi) is 5.13. The number of para-hydroxylation sites is 1. The number of benzene rings is 1. The van der Waals surface area contributed by atoms with E-state index in [4.69, 9.17) is 4.74 Å². The molecule has 7 heteroatoms. The van der Waals surface area contributed by atoms with Crippen molar-refractivity contribution < 1.29 is 19.4 Å². The lowest BCUT2D eigenvalue weighted by atomic mass is 10.3. The maximum atomic E-state index is 12.1. The molecule has 0 aliphatic carbocycles. The minimum absolute atomic E-state index is 0.0235. The summed E-state index contributed by atoms with van der Waals surface area (Å²) in [5.74, 6) is -1.08. The van der Waals surface area contributed by atoms with Crippen LogP contribution in [0.25, 0.3) is 0 Å². The summed E-state index contributed by atoms with van der Waals surface area (Å²) in [5.41, 5.74) is 3.57. The van der Waals surface area contributed by atoms with Crippen molar-refractivity contribution in [1.29, 1.82) is 0 Å². The number of carbonyl (C=O) groups excluding carboxylic acids is 2. The Hall–Kier alpha value is -2.83. The zero-order chi connectivity index (χ0) is 15.9. The summed E-state index contributed by atoms with van der Waals surface area (Å²) in [6.07, 6.45) is 1.25. The topological polar surface area (TPSA) is 91.2 Å². The van der Waals surface area contributed by atoms with Crippen molar-refractivity contribution in [3.8, 4) is 0 Å². The molecule has 0 aromatic heterocycles. The minimum atomic E-state index is -0.510. The molecule has 0 atom stereocenters. The molecule has 2 rings (SSSR count). The number of aliphatic hydroxyl groups excluding tert-OH is 1. The van der Waals surface area contributed by atoms with Gasteiger partial charge in [-0.05, 0) is 19.1 Å². The average molecular weight is 303 g/mol. The fourth-order valence-corrected chi connectivity index (χ4v) is 1.94. The Morgan fingerprint density at radius 3 is 2.86 bits per heavy atom. The molecule has 1 aromatic rings. The normalized spacial score (nSPS) is 14.8. The van der Waals surface area contributed by atoms with Crippen LogP contribution in [0, 0.1) is 0 Å². The van der Waals surface area contributed by atoms with Crippen molar-refractivity contribution in [3.63, 3.8) is 0 Å². The van der Waals surface area contributed by atoms with E-state index in [-0.39, 0.29) is 31.0 Å². The summed E-state index contributed by atoms with van der Waals surface area (Å²) in [6, 6.07) is 9.19. The molecule has 22 heavy (non-hydrogen) atoms. The molecule has 0 saturated carbocycles. The first-order chi connectivity index (χ1) is 10.6. The first-order valence-electron chi connectivity index (χ1n) is 6.83. The lowest BCUT2D eigenvalue weighted by Crippen LogP contribution is -2.34. The number of nitrogens with one attached hydrogen (secondary N) is 1. The lowest BCUT2D eigenvalue weighted by molar-refractivity contribution is -0.147. The number of esters is 1. The zero-order valence-corrected chi connectivity index (χ0v) is 12.2. The van der Waals surface area contributed by atoms with Gasteiger partial charge in [-0.15, -0.1) is 0 Å². The first-order valence-corrected chi connectivity index (χ1v) is 6.83. The molecule has 0 unspecified atom stereocenters. The van der Waals surface area contributed by atoms with Crippen LogP contribution in [-0.4, -0.2) is 47.8 Å². The highest BCUT2D eigenvalue weighted by atomic mass is 16.5.